The zero-order valence-corrected chi connectivity index (χ0v) is 15.6. The summed E-state index contributed by atoms with van der Waals surface area (Å²) in [6, 6.07) is 2.82. The Hall–Kier alpha value is 0.0969. The van der Waals surface area contributed by atoms with Crippen molar-refractivity contribution in [1.29, 1.82) is 0 Å². The van der Waals surface area contributed by atoms with E-state index in [-0.39, 0.29) is 9.52 Å². The Labute approximate surface area is 128 Å². The van der Waals surface area contributed by atoms with Gasteiger partial charge in [0.2, 0.25) is 0 Å². The maximum atomic E-state index is 5.96. The third-order valence-corrected chi connectivity index (χ3v) is 5.37. The van der Waals surface area contributed by atoms with Crippen molar-refractivity contribution >= 4 is 9.52 Å². The lowest BCUT2D eigenvalue weighted by molar-refractivity contribution is -0.383. The molecule has 0 atom stereocenters. The van der Waals surface area contributed by atoms with Crippen LogP contribution in [0, 0.1) is 0 Å². The molecule has 0 aliphatic rings. The van der Waals surface area contributed by atoms with Crippen LogP contribution in [0.1, 0.15) is 66.2 Å². The molecule has 0 saturated heterocycles. The zero-order chi connectivity index (χ0) is 15.1. The van der Waals surface area contributed by atoms with E-state index in [0.29, 0.717) is 19.8 Å². The van der Waals surface area contributed by atoms with Crippen LogP contribution in [0.5, 0.6) is 0 Å². The highest BCUT2D eigenvalue weighted by Crippen LogP contribution is 2.24. The molecule has 0 fully saturated rings. The Bertz CT molecular complexity index is 178. The average Bonchev–Trinajstić information content (AvgIpc) is 2.48. The van der Waals surface area contributed by atoms with Gasteiger partial charge in [0.05, 0.1) is 19.8 Å². The standard InChI is InChI=1S/C16H36O3Si/c1-5-11-17-16(18-12-6-2,19-13-7-3)10-9-15-20-14-8-4/h5-15,20H2,1-4H3. The highest BCUT2D eigenvalue weighted by molar-refractivity contribution is 6.35. The number of hydrogen-bond acceptors (Lipinski definition) is 3. The molecule has 122 valence electrons. The first-order valence-electron chi connectivity index (χ1n) is 8.66. The first-order valence-corrected chi connectivity index (χ1v) is 10.7. The third kappa shape index (κ3) is 9.92. The Morgan fingerprint density at radius 1 is 0.700 bits per heavy atom. The van der Waals surface area contributed by atoms with E-state index in [1.54, 1.807) is 0 Å². The zero-order valence-electron chi connectivity index (χ0n) is 14.2. The van der Waals surface area contributed by atoms with Crippen molar-refractivity contribution in [2.45, 2.75) is 84.3 Å². The molecule has 0 heterocycles. The third-order valence-electron chi connectivity index (χ3n) is 3.16. The molecular weight excluding hydrogens is 268 g/mol. The number of rotatable bonds is 15. The highest BCUT2D eigenvalue weighted by atomic mass is 28.2. The molecule has 0 N–H and O–H groups in total. The normalized spacial score (nSPS) is 12.6. The van der Waals surface area contributed by atoms with Crippen LogP contribution >= 0.6 is 0 Å². The molecule has 0 spiro atoms. The van der Waals surface area contributed by atoms with E-state index < -0.39 is 5.97 Å². The second-order valence-corrected chi connectivity index (χ2v) is 7.51. The summed E-state index contributed by atoms with van der Waals surface area (Å²) in [6.45, 7) is 10.8. The van der Waals surface area contributed by atoms with Crippen molar-refractivity contribution in [3.63, 3.8) is 0 Å². The van der Waals surface area contributed by atoms with Gasteiger partial charge < -0.3 is 14.2 Å². The van der Waals surface area contributed by atoms with Gasteiger partial charge in [0.1, 0.15) is 0 Å². The van der Waals surface area contributed by atoms with Crippen LogP contribution in [0.25, 0.3) is 0 Å². The summed E-state index contributed by atoms with van der Waals surface area (Å²) in [4.78, 5) is 0. The van der Waals surface area contributed by atoms with Crippen molar-refractivity contribution < 1.29 is 14.2 Å². The Morgan fingerprint density at radius 3 is 1.60 bits per heavy atom. The molecule has 4 heteroatoms. The molecule has 0 aliphatic heterocycles. The van der Waals surface area contributed by atoms with Crippen LogP contribution in [-0.2, 0) is 14.2 Å². The van der Waals surface area contributed by atoms with Gasteiger partial charge in [-0.3, -0.25) is 0 Å². The molecule has 0 aromatic heterocycles. The summed E-state index contributed by atoms with van der Waals surface area (Å²) >= 11 is 0. The predicted molar refractivity (Wildman–Crippen MR) is 89.1 cm³/mol. The Balaban J connectivity index is 4.34. The van der Waals surface area contributed by atoms with Crippen LogP contribution in [0.3, 0.4) is 0 Å². The van der Waals surface area contributed by atoms with Gasteiger partial charge >= 0.3 is 0 Å². The van der Waals surface area contributed by atoms with Crippen molar-refractivity contribution in [1.82, 2.24) is 0 Å². The topological polar surface area (TPSA) is 27.7 Å². The van der Waals surface area contributed by atoms with Gasteiger partial charge in [0.25, 0.3) is 5.97 Å². The van der Waals surface area contributed by atoms with Crippen LogP contribution in [0.4, 0.5) is 0 Å². The van der Waals surface area contributed by atoms with Gasteiger partial charge in [0, 0.05) is 15.9 Å². The van der Waals surface area contributed by atoms with Gasteiger partial charge in [-0.05, 0) is 25.7 Å². The fourth-order valence-corrected chi connectivity index (χ4v) is 3.52. The first kappa shape index (κ1) is 20.1. The molecule has 0 amide bonds. The second kappa shape index (κ2) is 14.1. The summed E-state index contributed by atoms with van der Waals surface area (Å²) < 4.78 is 17.9. The molecule has 3 nitrogen and oxygen atoms in total. The van der Waals surface area contributed by atoms with Crippen LogP contribution < -0.4 is 0 Å². The van der Waals surface area contributed by atoms with Gasteiger partial charge in [-0.2, -0.15) is 0 Å². The van der Waals surface area contributed by atoms with Crippen molar-refractivity contribution in [2.75, 3.05) is 19.8 Å². The summed E-state index contributed by atoms with van der Waals surface area (Å²) in [5, 5.41) is 0. The fraction of sp³-hybridized carbons (Fsp3) is 1.00. The quantitative estimate of drug-likeness (QED) is 0.259. The van der Waals surface area contributed by atoms with E-state index >= 15 is 0 Å². The molecule has 20 heavy (non-hydrogen) atoms. The average molecular weight is 305 g/mol. The maximum absolute atomic E-state index is 5.96. The van der Waals surface area contributed by atoms with Crippen LogP contribution in [0.15, 0.2) is 0 Å². The number of ether oxygens (including phenoxy) is 3. The largest absolute Gasteiger partial charge is 0.327 e. The van der Waals surface area contributed by atoms with Crippen LogP contribution in [-0.4, -0.2) is 35.3 Å². The lowest BCUT2D eigenvalue weighted by Crippen LogP contribution is -2.40. The Morgan fingerprint density at radius 2 is 1.20 bits per heavy atom. The van der Waals surface area contributed by atoms with E-state index in [1.807, 2.05) is 0 Å². The second-order valence-electron chi connectivity index (χ2n) is 5.39. The molecule has 0 bridgehead atoms. The van der Waals surface area contributed by atoms with Crippen LogP contribution in [0.2, 0.25) is 12.1 Å². The lowest BCUT2D eigenvalue weighted by atomic mass is 10.3. The van der Waals surface area contributed by atoms with Crippen molar-refractivity contribution in [3.8, 4) is 0 Å². The minimum atomic E-state index is -0.775. The summed E-state index contributed by atoms with van der Waals surface area (Å²) in [5.74, 6) is -0.775. The summed E-state index contributed by atoms with van der Waals surface area (Å²) in [5.41, 5.74) is 0. The minimum absolute atomic E-state index is 0.118. The van der Waals surface area contributed by atoms with E-state index in [0.717, 1.165) is 25.7 Å². The smallest absolute Gasteiger partial charge is 0.282 e. The SMILES string of the molecule is CCCOC(CCC[SiH2]CCC)(OCCC)OCCC. The maximum Gasteiger partial charge on any atom is 0.282 e. The van der Waals surface area contributed by atoms with E-state index in [4.69, 9.17) is 14.2 Å². The molecule has 0 aromatic rings. The summed E-state index contributed by atoms with van der Waals surface area (Å²) in [7, 11) is 0.118. The lowest BCUT2D eigenvalue weighted by Gasteiger charge is -2.33. The van der Waals surface area contributed by atoms with Crippen molar-refractivity contribution in [3.05, 3.63) is 0 Å². The minimum Gasteiger partial charge on any atom is -0.327 e. The van der Waals surface area contributed by atoms with E-state index in [9.17, 15) is 0 Å². The molecule has 0 rings (SSSR count). The highest BCUT2D eigenvalue weighted by Gasteiger charge is 2.32. The van der Waals surface area contributed by atoms with Gasteiger partial charge in [-0.25, -0.2) is 0 Å². The fourth-order valence-electron chi connectivity index (χ4n) is 2.06. The van der Waals surface area contributed by atoms with Gasteiger partial charge in [-0.1, -0.05) is 46.2 Å². The molecular formula is C16H36O3Si. The molecule has 0 radical (unpaired) electrons. The molecule has 0 aromatic carbocycles. The predicted octanol–water partition coefficient (Wildman–Crippen LogP) is 4.12. The number of hydrogen-bond donors (Lipinski definition) is 0. The van der Waals surface area contributed by atoms with E-state index in [2.05, 4.69) is 27.7 Å². The Kier molecular flexibility index (Phi) is 14.1. The van der Waals surface area contributed by atoms with Gasteiger partial charge in [-0.15, -0.1) is 0 Å². The monoisotopic (exact) mass is 304 g/mol. The molecule has 0 unspecified atom stereocenters. The van der Waals surface area contributed by atoms with Crippen molar-refractivity contribution in [2.24, 2.45) is 0 Å². The van der Waals surface area contributed by atoms with E-state index in [1.165, 1.54) is 24.9 Å². The van der Waals surface area contributed by atoms with Gasteiger partial charge in [0.15, 0.2) is 0 Å². The summed E-state index contributed by atoms with van der Waals surface area (Å²) in [6.07, 6.45) is 6.38. The first-order chi connectivity index (χ1) is 9.74. The molecule has 0 aliphatic carbocycles. The molecule has 0 saturated carbocycles.